The molecule has 3 rings (SSSR count). The van der Waals surface area contributed by atoms with Gasteiger partial charge in [-0.25, -0.2) is 0 Å². The zero-order valence-corrected chi connectivity index (χ0v) is 16.6. The summed E-state index contributed by atoms with van der Waals surface area (Å²) >= 11 is 0. The Bertz CT molecular complexity index is 995. The van der Waals surface area contributed by atoms with Crippen LogP contribution in [-0.4, -0.2) is 27.9 Å². The van der Waals surface area contributed by atoms with E-state index in [1.54, 1.807) is 36.5 Å². The molecule has 1 N–H and O–H groups in total. The molecule has 150 valence electrons. The number of Topliss-reactive ketones (excluding diaryl/α,β-unsaturated/α-hetero) is 1. The topological polar surface area (TPSA) is 94.3 Å². The van der Waals surface area contributed by atoms with Crippen molar-refractivity contribution in [3.63, 3.8) is 0 Å². The standard InChI is InChI=1S/C22H23N3O4/c1-14-5-4-10-23-20(14)11-15(2)24-22(27)21-12-19(29-25-21)13-28-18-8-6-17(7-9-18)16(3)26/h4-10,12,15H,11,13H2,1-3H3,(H,24,27)/t15-/m1/s1. The number of nitrogens with one attached hydrogen (secondary N) is 1. The Balaban J connectivity index is 1.52. The van der Waals surface area contributed by atoms with Crippen LogP contribution in [0, 0.1) is 6.92 Å². The highest BCUT2D eigenvalue weighted by molar-refractivity contribution is 5.94. The second-order valence-electron chi connectivity index (χ2n) is 6.89. The van der Waals surface area contributed by atoms with Gasteiger partial charge in [0.1, 0.15) is 12.4 Å². The van der Waals surface area contributed by atoms with Crippen LogP contribution < -0.4 is 10.1 Å². The second kappa shape index (κ2) is 9.14. The summed E-state index contributed by atoms with van der Waals surface area (Å²) in [5.74, 6) is 0.706. The number of aromatic nitrogens is 2. The molecule has 0 radical (unpaired) electrons. The van der Waals surface area contributed by atoms with Crippen molar-refractivity contribution < 1.29 is 18.8 Å². The number of ketones is 1. The molecule has 1 amide bonds. The third-order valence-corrected chi connectivity index (χ3v) is 4.43. The van der Waals surface area contributed by atoms with Crippen LogP contribution in [0.25, 0.3) is 0 Å². The molecule has 2 aromatic heterocycles. The maximum absolute atomic E-state index is 12.4. The molecule has 7 heteroatoms. The van der Waals surface area contributed by atoms with Crippen LogP contribution in [0.15, 0.2) is 53.2 Å². The Labute approximate surface area is 169 Å². The fourth-order valence-corrected chi connectivity index (χ4v) is 2.80. The van der Waals surface area contributed by atoms with Crippen LogP contribution in [0.4, 0.5) is 0 Å². The number of carbonyl (C=O) groups is 2. The van der Waals surface area contributed by atoms with E-state index in [9.17, 15) is 9.59 Å². The Hall–Kier alpha value is -3.48. The quantitative estimate of drug-likeness (QED) is 0.589. The number of pyridine rings is 1. The van der Waals surface area contributed by atoms with Crippen molar-refractivity contribution in [3.05, 3.63) is 76.9 Å². The van der Waals surface area contributed by atoms with Gasteiger partial charge in [0, 0.05) is 36.0 Å². The fraction of sp³-hybridized carbons (Fsp3) is 0.273. The summed E-state index contributed by atoms with van der Waals surface area (Å²) in [6, 6.07) is 12.1. The van der Waals surface area contributed by atoms with E-state index in [4.69, 9.17) is 9.26 Å². The van der Waals surface area contributed by atoms with E-state index in [0.717, 1.165) is 11.3 Å². The monoisotopic (exact) mass is 393 g/mol. The highest BCUT2D eigenvalue weighted by Gasteiger charge is 2.16. The van der Waals surface area contributed by atoms with E-state index in [-0.39, 0.29) is 30.0 Å². The number of hydrogen-bond donors (Lipinski definition) is 1. The molecule has 3 aromatic rings. The van der Waals surface area contributed by atoms with Gasteiger partial charge in [-0.3, -0.25) is 14.6 Å². The van der Waals surface area contributed by atoms with Gasteiger partial charge in [-0.2, -0.15) is 0 Å². The van der Waals surface area contributed by atoms with Gasteiger partial charge in [-0.05, 0) is 56.7 Å². The van der Waals surface area contributed by atoms with E-state index in [2.05, 4.69) is 15.5 Å². The number of amides is 1. The van der Waals surface area contributed by atoms with Gasteiger partial charge in [0.2, 0.25) is 0 Å². The Kier molecular flexibility index (Phi) is 6.39. The summed E-state index contributed by atoms with van der Waals surface area (Å²) in [5, 5.41) is 6.72. The number of carbonyl (C=O) groups excluding carboxylic acids is 2. The molecule has 0 aliphatic heterocycles. The Morgan fingerprint density at radius 3 is 2.66 bits per heavy atom. The van der Waals surface area contributed by atoms with Crippen LogP contribution in [0.3, 0.4) is 0 Å². The highest BCUT2D eigenvalue weighted by Crippen LogP contribution is 2.15. The van der Waals surface area contributed by atoms with E-state index >= 15 is 0 Å². The normalized spacial score (nSPS) is 11.7. The van der Waals surface area contributed by atoms with Crippen molar-refractivity contribution in [3.8, 4) is 5.75 Å². The molecule has 29 heavy (non-hydrogen) atoms. The van der Waals surface area contributed by atoms with Gasteiger partial charge < -0.3 is 14.6 Å². The lowest BCUT2D eigenvalue weighted by atomic mass is 10.1. The van der Waals surface area contributed by atoms with Gasteiger partial charge in [-0.1, -0.05) is 11.2 Å². The summed E-state index contributed by atoms with van der Waals surface area (Å²) in [5.41, 5.74) is 2.85. The average Bonchev–Trinajstić information content (AvgIpc) is 3.18. The molecule has 0 aliphatic rings. The first-order chi connectivity index (χ1) is 13.9. The molecular formula is C22H23N3O4. The Morgan fingerprint density at radius 2 is 1.97 bits per heavy atom. The highest BCUT2D eigenvalue weighted by atomic mass is 16.5. The second-order valence-corrected chi connectivity index (χ2v) is 6.89. The first-order valence-corrected chi connectivity index (χ1v) is 9.33. The summed E-state index contributed by atoms with van der Waals surface area (Å²) in [6.45, 7) is 5.55. The zero-order chi connectivity index (χ0) is 20.8. The van der Waals surface area contributed by atoms with Gasteiger partial charge in [0.05, 0.1) is 0 Å². The van der Waals surface area contributed by atoms with E-state index in [1.165, 1.54) is 6.92 Å². The summed E-state index contributed by atoms with van der Waals surface area (Å²) < 4.78 is 10.8. The Morgan fingerprint density at radius 1 is 1.21 bits per heavy atom. The van der Waals surface area contributed by atoms with Crippen molar-refractivity contribution >= 4 is 11.7 Å². The van der Waals surface area contributed by atoms with Crippen LogP contribution in [0.1, 0.15) is 51.7 Å². The van der Waals surface area contributed by atoms with Gasteiger partial charge in [-0.15, -0.1) is 0 Å². The number of hydrogen-bond acceptors (Lipinski definition) is 6. The van der Waals surface area contributed by atoms with Gasteiger partial charge in [0.25, 0.3) is 5.91 Å². The van der Waals surface area contributed by atoms with Gasteiger partial charge in [0.15, 0.2) is 17.2 Å². The minimum atomic E-state index is -0.313. The lowest BCUT2D eigenvalue weighted by Gasteiger charge is -2.13. The van der Waals surface area contributed by atoms with E-state index in [0.29, 0.717) is 23.5 Å². The van der Waals surface area contributed by atoms with E-state index < -0.39 is 0 Å². The fourth-order valence-electron chi connectivity index (χ4n) is 2.80. The molecule has 2 heterocycles. The third-order valence-electron chi connectivity index (χ3n) is 4.43. The SMILES string of the molecule is CC(=O)c1ccc(OCc2cc(C(=O)N[C@H](C)Cc3ncccc3C)no2)cc1. The smallest absolute Gasteiger partial charge is 0.273 e. The first-order valence-electron chi connectivity index (χ1n) is 9.33. The third kappa shape index (κ3) is 5.51. The van der Waals surface area contributed by atoms with Crippen molar-refractivity contribution in [2.24, 2.45) is 0 Å². The molecule has 0 saturated heterocycles. The predicted octanol–water partition coefficient (Wildman–Crippen LogP) is 3.52. The first kappa shape index (κ1) is 20.3. The lowest BCUT2D eigenvalue weighted by molar-refractivity contribution is 0.0929. The lowest BCUT2D eigenvalue weighted by Crippen LogP contribution is -2.34. The number of ether oxygens (including phenoxy) is 1. The molecule has 0 spiro atoms. The molecule has 1 aromatic carbocycles. The molecule has 7 nitrogen and oxygen atoms in total. The maximum atomic E-state index is 12.4. The summed E-state index contributed by atoms with van der Waals surface area (Å²) in [4.78, 5) is 28.0. The summed E-state index contributed by atoms with van der Waals surface area (Å²) in [7, 11) is 0. The minimum Gasteiger partial charge on any atom is -0.486 e. The van der Waals surface area contributed by atoms with Crippen molar-refractivity contribution in [2.75, 3.05) is 0 Å². The molecule has 0 aliphatic carbocycles. The number of benzene rings is 1. The van der Waals surface area contributed by atoms with Crippen LogP contribution in [0.5, 0.6) is 5.75 Å². The van der Waals surface area contributed by atoms with Crippen molar-refractivity contribution in [1.29, 1.82) is 0 Å². The average molecular weight is 393 g/mol. The molecule has 0 unspecified atom stereocenters. The number of aryl methyl sites for hydroxylation is 1. The van der Waals surface area contributed by atoms with Crippen molar-refractivity contribution in [2.45, 2.75) is 39.8 Å². The zero-order valence-electron chi connectivity index (χ0n) is 16.6. The number of nitrogens with zero attached hydrogens (tertiary/aromatic N) is 2. The maximum Gasteiger partial charge on any atom is 0.273 e. The van der Waals surface area contributed by atoms with Crippen molar-refractivity contribution in [1.82, 2.24) is 15.5 Å². The molecule has 0 saturated carbocycles. The van der Waals surface area contributed by atoms with Crippen LogP contribution >= 0.6 is 0 Å². The molecular weight excluding hydrogens is 370 g/mol. The summed E-state index contributed by atoms with van der Waals surface area (Å²) in [6.07, 6.45) is 2.37. The van der Waals surface area contributed by atoms with E-state index in [1.807, 2.05) is 26.0 Å². The number of rotatable bonds is 8. The van der Waals surface area contributed by atoms with Crippen LogP contribution in [-0.2, 0) is 13.0 Å². The predicted molar refractivity (Wildman–Crippen MR) is 107 cm³/mol. The largest absolute Gasteiger partial charge is 0.486 e. The molecule has 0 fully saturated rings. The van der Waals surface area contributed by atoms with Gasteiger partial charge >= 0.3 is 0 Å². The van der Waals surface area contributed by atoms with Crippen LogP contribution in [0.2, 0.25) is 0 Å². The molecule has 1 atom stereocenters. The molecule has 0 bridgehead atoms. The minimum absolute atomic E-state index is 0.00475.